The Morgan fingerprint density at radius 1 is 0.958 bits per heavy atom. The van der Waals surface area contributed by atoms with E-state index in [1.807, 2.05) is 42.5 Å². The molecule has 4 nitrogen and oxygen atoms in total. The molecule has 0 spiro atoms. The normalized spacial score (nSPS) is 12.5. The number of rotatable bonds is 6. The predicted molar refractivity (Wildman–Crippen MR) is 96.3 cm³/mol. The molecular formula is C19H25NO3S. The van der Waals surface area contributed by atoms with E-state index in [-0.39, 0.29) is 30.0 Å². The van der Waals surface area contributed by atoms with Gasteiger partial charge in [0, 0.05) is 13.1 Å². The van der Waals surface area contributed by atoms with E-state index in [4.69, 9.17) is 0 Å². The Bertz CT molecular complexity index is 747. The lowest BCUT2D eigenvalue weighted by atomic mass is 9.87. The van der Waals surface area contributed by atoms with Gasteiger partial charge in [0.15, 0.2) is 0 Å². The van der Waals surface area contributed by atoms with Gasteiger partial charge < -0.3 is 5.11 Å². The van der Waals surface area contributed by atoms with E-state index in [2.05, 4.69) is 20.8 Å². The van der Waals surface area contributed by atoms with Gasteiger partial charge in [-0.05, 0) is 28.7 Å². The highest BCUT2D eigenvalue weighted by molar-refractivity contribution is 7.89. The maximum Gasteiger partial charge on any atom is 0.243 e. The van der Waals surface area contributed by atoms with Crippen LogP contribution in [0.15, 0.2) is 59.5 Å². The molecule has 0 aliphatic heterocycles. The zero-order valence-electron chi connectivity index (χ0n) is 14.4. The quantitative estimate of drug-likeness (QED) is 0.873. The topological polar surface area (TPSA) is 57.6 Å². The van der Waals surface area contributed by atoms with Gasteiger partial charge in [0.2, 0.25) is 10.0 Å². The summed E-state index contributed by atoms with van der Waals surface area (Å²) in [6, 6.07) is 16.4. The largest absolute Gasteiger partial charge is 0.395 e. The van der Waals surface area contributed by atoms with Crippen molar-refractivity contribution in [3.8, 4) is 0 Å². The van der Waals surface area contributed by atoms with E-state index in [0.29, 0.717) is 0 Å². The second kappa shape index (κ2) is 7.47. The average Bonchev–Trinajstić information content (AvgIpc) is 2.55. The number of benzene rings is 2. The van der Waals surface area contributed by atoms with Crippen LogP contribution >= 0.6 is 0 Å². The van der Waals surface area contributed by atoms with Gasteiger partial charge in [0.1, 0.15) is 0 Å². The van der Waals surface area contributed by atoms with Crippen molar-refractivity contribution in [3.05, 3.63) is 65.7 Å². The van der Waals surface area contributed by atoms with Gasteiger partial charge in [-0.2, -0.15) is 4.31 Å². The molecule has 2 aromatic rings. The summed E-state index contributed by atoms with van der Waals surface area (Å²) in [5.74, 6) is 0. The molecule has 24 heavy (non-hydrogen) atoms. The van der Waals surface area contributed by atoms with Crippen LogP contribution in [-0.4, -0.2) is 31.0 Å². The summed E-state index contributed by atoms with van der Waals surface area (Å²) in [5, 5.41) is 9.27. The van der Waals surface area contributed by atoms with E-state index in [1.165, 1.54) is 4.31 Å². The van der Waals surface area contributed by atoms with Gasteiger partial charge in [-0.15, -0.1) is 0 Å². The van der Waals surface area contributed by atoms with Crippen LogP contribution in [0.4, 0.5) is 0 Å². The molecule has 0 amide bonds. The number of aliphatic hydroxyl groups is 1. The molecule has 0 aliphatic rings. The molecule has 0 aromatic heterocycles. The second-order valence-corrected chi connectivity index (χ2v) is 8.76. The third-order valence-electron chi connectivity index (χ3n) is 3.91. The van der Waals surface area contributed by atoms with Crippen LogP contribution in [0.1, 0.15) is 31.9 Å². The third-order valence-corrected chi connectivity index (χ3v) is 5.77. The van der Waals surface area contributed by atoms with Crippen molar-refractivity contribution < 1.29 is 13.5 Å². The van der Waals surface area contributed by atoms with Gasteiger partial charge in [0.05, 0.1) is 11.5 Å². The van der Waals surface area contributed by atoms with Crippen LogP contribution < -0.4 is 0 Å². The van der Waals surface area contributed by atoms with Crippen LogP contribution in [0.25, 0.3) is 0 Å². The minimum atomic E-state index is -3.65. The summed E-state index contributed by atoms with van der Waals surface area (Å²) in [6.07, 6.45) is 0. The molecule has 0 fully saturated rings. The zero-order valence-corrected chi connectivity index (χ0v) is 15.3. The van der Waals surface area contributed by atoms with Gasteiger partial charge >= 0.3 is 0 Å². The summed E-state index contributed by atoms with van der Waals surface area (Å²) >= 11 is 0. The highest BCUT2D eigenvalue weighted by Gasteiger charge is 2.25. The summed E-state index contributed by atoms with van der Waals surface area (Å²) in [5.41, 5.74) is 1.94. The van der Waals surface area contributed by atoms with Crippen LogP contribution in [0.3, 0.4) is 0 Å². The number of hydrogen-bond acceptors (Lipinski definition) is 3. The molecule has 0 aliphatic carbocycles. The number of sulfonamides is 1. The fourth-order valence-electron chi connectivity index (χ4n) is 2.46. The molecule has 0 saturated heterocycles. The molecule has 0 bridgehead atoms. The zero-order chi connectivity index (χ0) is 17.8. The van der Waals surface area contributed by atoms with Crippen molar-refractivity contribution in [2.24, 2.45) is 0 Å². The van der Waals surface area contributed by atoms with E-state index in [9.17, 15) is 13.5 Å². The van der Waals surface area contributed by atoms with Crippen molar-refractivity contribution in [2.45, 2.75) is 37.6 Å². The number of nitrogens with zero attached hydrogens (tertiary/aromatic N) is 1. The third kappa shape index (κ3) is 4.44. The Morgan fingerprint density at radius 2 is 1.54 bits per heavy atom. The number of hydrogen-bond donors (Lipinski definition) is 1. The maximum absolute atomic E-state index is 12.9. The molecule has 1 N–H and O–H groups in total. The van der Waals surface area contributed by atoms with E-state index in [0.717, 1.165) is 11.1 Å². The molecule has 0 heterocycles. The van der Waals surface area contributed by atoms with E-state index in [1.54, 1.807) is 12.1 Å². The lowest BCUT2D eigenvalue weighted by molar-refractivity contribution is 0.251. The van der Waals surface area contributed by atoms with Crippen molar-refractivity contribution in [1.29, 1.82) is 0 Å². The van der Waals surface area contributed by atoms with Gasteiger partial charge in [-0.25, -0.2) is 8.42 Å². The molecule has 2 aromatic carbocycles. The van der Waals surface area contributed by atoms with Crippen LogP contribution in [0, 0.1) is 0 Å². The lowest BCUT2D eigenvalue weighted by Crippen LogP contribution is -2.33. The van der Waals surface area contributed by atoms with E-state index < -0.39 is 10.0 Å². The van der Waals surface area contributed by atoms with Crippen molar-refractivity contribution in [1.82, 2.24) is 4.31 Å². The Morgan fingerprint density at radius 3 is 2.04 bits per heavy atom. The molecule has 0 atom stereocenters. The average molecular weight is 347 g/mol. The Hall–Kier alpha value is -1.69. The molecule has 130 valence electrons. The lowest BCUT2D eigenvalue weighted by Gasteiger charge is -2.23. The standard InChI is InChI=1S/C19H25NO3S/c1-19(2,3)17-9-11-18(12-10-17)24(22,23)20(13-14-21)15-16-7-5-4-6-8-16/h4-12,21H,13-15H2,1-3H3. The first-order valence-electron chi connectivity index (χ1n) is 8.00. The van der Waals surface area contributed by atoms with Gasteiger partial charge in [-0.3, -0.25) is 0 Å². The van der Waals surface area contributed by atoms with Gasteiger partial charge in [0.25, 0.3) is 0 Å². The van der Waals surface area contributed by atoms with Crippen LogP contribution in [0.2, 0.25) is 0 Å². The SMILES string of the molecule is CC(C)(C)c1ccc(S(=O)(=O)N(CCO)Cc2ccccc2)cc1. The molecule has 0 unspecified atom stereocenters. The predicted octanol–water partition coefficient (Wildman–Crippen LogP) is 3.17. The second-order valence-electron chi connectivity index (χ2n) is 6.82. The highest BCUT2D eigenvalue weighted by atomic mass is 32.2. The van der Waals surface area contributed by atoms with Gasteiger partial charge in [-0.1, -0.05) is 63.2 Å². The van der Waals surface area contributed by atoms with E-state index >= 15 is 0 Å². The Kier molecular flexibility index (Phi) is 5.80. The summed E-state index contributed by atoms with van der Waals surface area (Å²) < 4.78 is 27.1. The molecule has 2 rings (SSSR count). The highest BCUT2D eigenvalue weighted by Crippen LogP contribution is 2.25. The minimum absolute atomic E-state index is 0.0306. The fourth-order valence-corrected chi connectivity index (χ4v) is 3.88. The van der Waals surface area contributed by atoms with Crippen molar-refractivity contribution in [3.63, 3.8) is 0 Å². The molecular weight excluding hydrogens is 322 g/mol. The smallest absolute Gasteiger partial charge is 0.243 e. The summed E-state index contributed by atoms with van der Waals surface area (Å²) in [7, 11) is -3.65. The van der Waals surface area contributed by atoms with Crippen LogP contribution in [0.5, 0.6) is 0 Å². The van der Waals surface area contributed by atoms with Crippen molar-refractivity contribution in [2.75, 3.05) is 13.2 Å². The summed E-state index contributed by atoms with van der Waals surface area (Å²) in [6.45, 7) is 6.35. The first kappa shape index (κ1) is 18.6. The number of aliphatic hydroxyl groups excluding tert-OH is 1. The summed E-state index contributed by atoms with van der Waals surface area (Å²) in [4.78, 5) is 0.250. The monoisotopic (exact) mass is 347 g/mol. The molecule has 5 heteroatoms. The maximum atomic E-state index is 12.9. The van der Waals surface area contributed by atoms with Crippen LogP contribution in [-0.2, 0) is 22.0 Å². The van der Waals surface area contributed by atoms with Crippen molar-refractivity contribution >= 4 is 10.0 Å². The molecule has 0 radical (unpaired) electrons. The fraction of sp³-hybridized carbons (Fsp3) is 0.368. The Labute approximate surface area is 144 Å². The first-order valence-corrected chi connectivity index (χ1v) is 9.44. The minimum Gasteiger partial charge on any atom is -0.395 e. The first-order chi connectivity index (χ1) is 11.2. The molecule has 0 saturated carbocycles. The Balaban J connectivity index is 2.30.